The minimum absolute atomic E-state index is 0.340. The van der Waals surface area contributed by atoms with Crippen molar-refractivity contribution in [1.82, 2.24) is 10.6 Å². The van der Waals surface area contributed by atoms with Gasteiger partial charge >= 0.3 is 0 Å². The van der Waals surface area contributed by atoms with Gasteiger partial charge < -0.3 is 15.4 Å². The fourth-order valence-corrected chi connectivity index (χ4v) is 3.23. The first-order valence-corrected chi connectivity index (χ1v) is 11.3. The van der Waals surface area contributed by atoms with Crippen LogP contribution in [0.2, 0.25) is 0 Å². The van der Waals surface area contributed by atoms with Crippen LogP contribution in [0.1, 0.15) is 24.5 Å². The van der Waals surface area contributed by atoms with Gasteiger partial charge in [-0.3, -0.25) is 4.99 Å². The van der Waals surface area contributed by atoms with E-state index in [1.807, 2.05) is 36.4 Å². The van der Waals surface area contributed by atoms with E-state index in [0.29, 0.717) is 30.6 Å². The normalized spacial score (nSPS) is 11.9. The van der Waals surface area contributed by atoms with Crippen LogP contribution in [0.5, 0.6) is 5.75 Å². The number of hydrogen-bond donors (Lipinski definition) is 2. The topological polar surface area (TPSA) is 79.8 Å². The molecule has 0 atom stereocenters. The highest BCUT2D eigenvalue weighted by molar-refractivity contribution is 7.90. The maximum absolute atomic E-state index is 11.5. The molecular formula is C21H29N3O3S. The van der Waals surface area contributed by atoms with Crippen molar-refractivity contribution in [3.05, 3.63) is 59.7 Å². The Kier molecular flexibility index (Phi) is 8.32. The first kappa shape index (κ1) is 21.8. The van der Waals surface area contributed by atoms with Gasteiger partial charge in [0.15, 0.2) is 15.8 Å². The first-order valence-electron chi connectivity index (χ1n) is 9.37. The van der Waals surface area contributed by atoms with Gasteiger partial charge in [-0.1, -0.05) is 31.2 Å². The Balaban J connectivity index is 1.80. The lowest BCUT2D eigenvalue weighted by atomic mass is 10.1. The molecule has 152 valence electrons. The molecule has 2 rings (SSSR count). The molecule has 0 amide bonds. The van der Waals surface area contributed by atoms with Crippen LogP contribution < -0.4 is 15.4 Å². The molecule has 0 aromatic heterocycles. The Bertz CT molecular complexity index is 878. The average molecular weight is 404 g/mol. The van der Waals surface area contributed by atoms with Gasteiger partial charge in [-0.25, -0.2) is 8.42 Å². The van der Waals surface area contributed by atoms with Crippen LogP contribution in [0.4, 0.5) is 0 Å². The summed E-state index contributed by atoms with van der Waals surface area (Å²) in [6.07, 6.45) is 2.96. The number of hydrogen-bond acceptors (Lipinski definition) is 4. The zero-order valence-corrected chi connectivity index (χ0v) is 17.6. The zero-order chi connectivity index (χ0) is 20.4. The number of sulfone groups is 1. The van der Waals surface area contributed by atoms with E-state index in [2.05, 4.69) is 22.5 Å². The van der Waals surface area contributed by atoms with Crippen molar-refractivity contribution in [1.29, 1.82) is 0 Å². The van der Waals surface area contributed by atoms with Gasteiger partial charge in [0.2, 0.25) is 0 Å². The summed E-state index contributed by atoms with van der Waals surface area (Å²) < 4.78 is 28.7. The molecule has 0 aliphatic heterocycles. The van der Waals surface area contributed by atoms with E-state index in [-0.39, 0.29) is 0 Å². The van der Waals surface area contributed by atoms with Gasteiger partial charge in [-0.2, -0.15) is 0 Å². The van der Waals surface area contributed by atoms with Crippen molar-refractivity contribution in [2.24, 2.45) is 4.99 Å². The maximum atomic E-state index is 11.5. The summed E-state index contributed by atoms with van der Waals surface area (Å²) >= 11 is 0. The molecule has 0 aliphatic rings. The maximum Gasteiger partial charge on any atom is 0.191 e. The van der Waals surface area contributed by atoms with E-state index in [1.54, 1.807) is 19.2 Å². The highest BCUT2D eigenvalue weighted by Gasteiger charge is 2.06. The summed E-state index contributed by atoms with van der Waals surface area (Å²) in [4.78, 5) is 4.58. The fraction of sp³-hybridized carbons (Fsp3) is 0.381. The minimum atomic E-state index is -3.15. The third-order valence-corrected chi connectivity index (χ3v) is 5.24. The standard InChI is InChI=1S/C21H29N3O3S/c1-4-14-27-19-7-5-6-18(15-19)16-24-21(22-2)23-13-12-17-8-10-20(11-9-17)28(3,25)26/h5-11,15H,4,12-14,16H2,1-3H3,(H2,22,23,24). The molecule has 0 saturated carbocycles. The molecule has 7 heteroatoms. The predicted molar refractivity (Wildman–Crippen MR) is 114 cm³/mol. The van der Waals surface area contributed by atoms with Crippen LogP contribution in [0.3, 0.4) is 0 Å². The quantitative estimate of drug-likeness (QED) is 0.497. The molecule has 0 aliphatic carbocycles. The van der Waals surface area contributed by atoms with Crippen LogP contribution in [0.15, 0.2) is 58.4 Å². The number of nitrogens with zero attached hydrogens (tertiary/aromatic N) is 1. The molecular weight excluding hydrogens is 374 g/mol. The molecule has 28 heavy (non-hydrogen) atoms. The molecule has 0 bridgehead atoms. The molecule has 0 saturated heterocycles. The largest absolute Gasteiger partial charge is 0.494 e. The van der Waals surface area contributed by atoms with Gasteiger partial charge in [0.1, 0.15) is 5.75 Å². The fourth-order valence-electron chi connectivity index (χ4n) is 2.60. The first-order chi connectivity index (χ1) is 13.4. The third kappa shape index (κ3) is 7.23. The number of benzene rings is 2. The molecule has 0 radical (unpaired) electrons. The molecule has 0 spiro atoms. The van der Waals surface area contributed by atoms with Gasteiger partial charge in [0.05, 0.1) is 11.5 Å². The molecule has 0 unspecified atom stereocenters. The molecule has 0 heterocycles. The Morgan fingerprint density at radius 2 is 1.82 bits per heavy atom. The highest BCUT2D eigenvalue weighted by atomic mass is 32.2. The Hall–Kier alpha value is -2.54. The van der Waals surface area contributed by atoms with Gasteiger partial charge in [0.25, 0.3) is 0 Å². The summed E-state index contributed by atoms with van der Waals surface area (Å²) in [5, 5.41) is 6.56. The molecule has 0 fully saturated rings. The molecule has 2 N–H and O–H groups in total. The van der Waals surface area contributed by atoms with Crippen molar-refractivity contribution in [2.45, 2.75) is 31.2 Å². The molecule has 6 nitrogen and oxygen atoms in total. The summed E-state index contributed by atoms with van der Waals surface area (Å²) in [6, 6.07) is 15.0. The van der Waals surface area contributed by atoms with Crippen molar-refractivity contribution in [2.75, 3.05) is 26.5 Å². The van der Waals surface area contributed by atoms with E-state index >= 15 is 0 Å². The van der Waals surface area contributed by atoms with E-state index in [1.165, 1.54) is 6.26 Å². The number of ether oxygens (including phenoxy) is 1. The molecule has 2 aromatic carbocycles. The Morgan fingerprint density at radius 1 is 1.07 bits per heavy atom. The van der Waals surface area contributed by atoms with Gasteiger partial charge in [-0.15, -0.1) is 0 Å². The number of rotatable bonds is 9. The van der Waals surface area contributed by atoms with Gasteiger partial charge in [0, 0.05) is 26.4 Å². The van der Waals surface area contributed by atoms with Crippen LogP contribution in [-0.4, -0.2) is 40.8 Å². The van der Waals surface area contributed by atoms with E-state index < -0.39 is 9.84 Å². The van der Waals surface area contributed by atoms with E-state index in [0.717, 1.165) is 29.7 Å². The number of nitrogens with one attached hydrogen (secondary N) is 2. The second-order valence-electron chi connectivity index (χ2n) is 6.51. The number of guanidine groups is 1. The smallest absolute Gasteiger partial charge is 0.191 e. The summed E-state index contributed by atoms with van der Waals surface area (Å²) in [7, 11) is -1.42. The second kappa shape index (κ2) is 10.7. The number of aliphatic imine (C=N–C) groups is 1. The summed E-state index contributed by atoms with van der Waals surface area (Å²) in [6.45, 7) is 4.13. The minimum Gasteiger partial charge on any atom is -0.494 e. The highest BCUT2D eigenvalue weighted by Crippen LogP contribution is 2.13. The average Bonchev–Trinajstić information content (AvgIpc) is 2.69. The van der Waals surface area contributed by atoms with Crippen LogP contribution in [0.25, 0.3) is 0 Å². The monoisotopic (exact) mass is 403 g/mol. The second-order valence-corrected chi connectivity index (χ2v) is 8.53. The Morgan fingerprint density at radius 3 is 2.46 bits per heavy atom. The van der Waals surface area contributed by atoms with Crippen molar-refractivity contribution < 1.29 is 13.2 Å². The summed E-state index contributed by atoms with van der Waals surface area (Å²) in [5.74, 6) is 1.59. The third-order valence-electron chi connectivity index (χ3n) is 4.11. The van der Waals surface area contributed by atoms with Crippen molar-refractivity contribution in [3.8, 4) is 5.75 Å². The molecule has 2 aromatic rings. The lowest BCUT2D eigenvalue weighted by molar-refractivity contribution is 0.317. The SMILES string of the molecule is CCCOc1cccc(CNC(=NC)NCCc2ccc(S(C)(=O)=O)cc2)c1. The van der Waals surface area contributed by atoms with Gasteiger partial charge in [-0.05, 0) is 48.2 Å². The van der Waals surface area contributed by atoms with E-state index in [9.17, 15) is 8.42 Å². The predicted octanol–water partition coefficient (Wildman–Crippen LogP) is 2.79. The van der Waals surface area contributed by atoms with Crippen LogP contribution in [-0.2, 0) is 22.8 Å². The lowest BCUT2D eigenvalue weighted by Gasteiger charge is -2.13. The lowest BCUT2D eigenvalue weighted by Crippen LogP contribution is -2.37. The van der Waals surface area contributed by atoms with E-state index in [4.69, 9.17) is 4.74 Å². The zero-order valence-electron chi connectivity index (χ0n) is 16.7. The van der Waals surface area contributed by atoms with Crippen LogP contribution >= 0.6 is 0 Å². The van der Waals surface area contributed by atoms with Crippen molar-refractivity contribution in [3.63, 3.8) is 0 Å². The Labute approximate surface area is 168 Å². The van der Waals surface area contributed by atoms with Crippen LogP contribution in [0, 0.1) is 0 Å². The van der Waals surface area contributed by atoms with Crippen molar-refractivity contribution >= 4 is 15.8 Å². The summed E-state index contributed by atoms with van der Waals surface area (Å²) in [5.41, 5.74) is 2.18.